The Bertz CT molecular complexity index is 695. The molecule has 6 heteroatoms. The molecule has 1 heterocycles. The summed E-state index contributed by atoms with van der Waals surface area (Å²) in [6.07, 6.45) is 1.93. The first kappa shape index (κ1) is 12.2. The average Bonchev–Trinajstić information content (AvgIpc) is 3.08. The molecule has 0 spiro atoms. The lowest BCUT2D eigenvalue weighted by Gasteiger charge is -2.15. The van der Waals surface area contributed by atoms with Crippen LogP contribution < -0.4 is 4.94 Å². The Labute approximate surface area is 112 Å². The lowest BCUT2D eigenvalue weighted by Crippen LogP contribution is -2.08. The minimum Gasteiger partial charge on any atom is -0.508 e. The smallest absolute Gasteiger partial charge is 0.396 e. The van der Waals surface area contributed by atoms with E-state index in [1.165, 1.54) is 6.07 Å². The Morgan fingerprint density at radius 2 is 2.21 bits per heavy atom. The van der Waals surface area contributed by atoms with Crippen molar-refractivity contribution >= 4 is 27.6 Å². The van der Waals surface area contributed by atoms with E-state index in [-0.39, 0.29) is 18.1 Å². The van der Waals surface area contributed by atoms with Gasteiger partial charge in [0.05, 0.1) is 11.1 Å². The molecule has 1 atom stereocenters. The summed E-state index contributed by atoms with van der Waals surface area (Å²) in [6.45, 7) is 0. The van der Waals surface area contributed by atoms with E-state index < -0.39 is 10.9 Å². The van der Waals surface area contributed by atoms with E-state index in [0.717, 1.165) is 24.2 Å². The number of aromatic hydroxyl groups is 1. The predicted octanol–water partition coefficient (Wildman–Crippen LogP) is 2.53. The van der Waals surface area contributed by atoms with Crippen molar-refractivity contribution in [1.29, 1.82) is 0 Å². The Hall–Kier alpha value is -1.82. The summed E-state index contributed by atoms with van der Waals surface area (Å²) in [5.41, 5.74) is 0.984. The number of hydrogen-bond donors (Lipinski definition) is 2. The lowest BCUT2D eigenvalue weighted by molar-refractivity contribution is -0.137. The molecule has 0 aliphatic heterocycles. The van der Waals surface area contributed by atoms with Crippen molar-refractivity contribution in [2.24, 2.45) is 5.92 Å². The fourth-order valence-corrected chi connectivity index (χ4v) is 3.12. The van der Waals surface area contributed by atoms with E-state index >= 15 is 0 Å². The maximum atomic E-state index is 11.2. The zero-order valence-electron chi connectivity index (χ0n) is 9.96. The molecule has 100 valence electrons. The second kappa shape index (κ2) is 4.38. The van der Waals surface area contributed by atoms with Crippen LogP contribution in [-0.2, 0) is 4.79 Å². The van der Waals surface area contributed by atoms with Crippen molar-refractivity contribution in [2.45, 2.75) is 25.2 Å². The number of hydrogen-bond acceptors (Lipinski definition) is 5. The van der Waals surface area contributed by atoms with Crippen LogP contribution in [0.5, 0.6) is 5.75 Å². The summed E-state index contributed by atoms with van der Waals surface area (Å²) in [4.78, 5) is 21.7. The van der Waals surface area contributed by atoms with Gasteiger partial charge in [0, 0.05) is 17.5 Å². The third-order valence-corrected chi connectivity index (χ3v) is 4.25. The highest BCUT2D eigenvalue weighted by atomic mass is 32.1. The predicted molar refractivity (Wildman–Crippen MR) is 69.7 cm³/mol. The van der Waals surface area contributed by atoms with Crippen LogP contribution in [0.3, 0.4) is 0 Å². The first-order valence-electron chi connectivity index (χ1n) is 6.03. The van der Waals surface area contributed by atoms with Gasteiger partial charge in [0.25, 0.3) is 0 Å². The van der Waals surface area contributed by atoms with Gasteiger partial charge >= 0.3 is 10.9 Å². The van der Waals surface area contributed by atoms with Crippen molar-refractivity contribution in [3.8, 4) is 5.75 Å². The number of rotatable bonds is 4. The highest BCUT2D eigenvalue weighted by molar-refractivity contribution is 7.16. The van der Waals surface area contributed by atoms with Crippen LogP contribution in [0.2, 0.25) is 0 Å². The minimum atomic E-state index is -0.886. The van der Waals surface area contributed by atoms with E-state index in [1.807, 2.05) is 0 Å². The molecule has 1 saturated carbocycles. The molecule has 1 unspecified atom stereocenters. The number of benzene rings is 1. The van der Waals surface area contributed by atoms with Crippen LogP contribution in [0.15, 0.2) is 21.3 Å². The molecule has 1 fully saturated rings. The number of carboxylic acids is 1. The van der Waals surface area contributed by atoms with Crippen molar-refractivity contribution in [2.75, 3.05) is 0 Å². The van der Waals surface area contributed by atoms with Crippen molar-refractivity contribution in [3.63, 3.8) is 0 Å². The van der Waals surface area contributed by atoms with Crippen LogP contribution in [0, 0.1) is 5.92 Å². The zero-order valence-corrected chi connectivity index (χ0v) is 10.8. The molecule has 0 amide bonds. The van der Waals surface area contributed by atoms with E-state index in [1.54, 1.807) is 6.07 Å². The Morgan fingerprint density at radius 3 is 2.84 bits per heavy atom. The molecule has 3 rings (SSSR count). The van der Waals surface area contributed by atoms with Crippen molar-refractivity contribution in [1.82, 2.24) is 0 Å². The topological polar surface area (TPSA) is 87.7 Å². The highest BCUT2D eigenvalue weighted by Crippen LogP contribution is 2.47. The van der Waals surface area contributed by atoms with E-state index in [4.69, 9.17) is 9.52 Å². The van der Waals surface area contributed by atoms with E-state index in [2.05, 4.69) is 0 Å². The number of carboxylic acid groups (broad SMARTS) is 1. The first-order valence-corrected chi connectivity index (χ1v) is 6.84. The van der Waals surface area contributed by atoms with Crippen LogP contribution in [0.25, 0.3) is 10.3 Å². The second-order valence-corrected chi connectivity index (χ2v) is 5.83. The maximum absolute atomic E-state index is 11.2. The third kappa shape index (κ3) is 2.35. The SMILES string of the molecule is O=C(O)CC(c1cc2oc(=O)sc2cc1O)C1CC1. The van der Waals surface area contributed by atoms with Crippen LogP contribution >= 0.6 is 11.3 Å². The third-order valence-electron chi connectivity index (χ3n) is 3.46. The summed E-state index contributed by atoms with van der Waals surface area (Å²) in [5, 5.41) is 19.0. The lowest BCUT2D eigenvalue weighted by atomic mass is 9.90. The molecular formula is C13H12O5S. The standard InChI is InChI=1S/C13H12O5S/c14-9-5-11-10(18-13(17)19-11)3-8(9)7(4-12(15)16)6-1-2-6/h3,5-7,14H,1-2,4H2,(H,15,16). The Balaban J connectivity index is 2.08. The van der Waals surface area contributed by atoms with Gasteiger partial charge < -0.3 is 14.6 Å². The van der Waals surface area contributed by atoms with Gasteiger partial charge in [-0.1, -0.05) is 11.3 Å². The van der Waals surface area contributed by atoms with E-state index in [9.17, 15) is 14.7 Å². The van der Waals surface area contributed by atoms with Gasteiger partial charge in [-0.15, -0.1) is 0 Å². The number of phenolic OH excluding ortho intramolecular Hbond substituents is 1. The van der Waals surface area contributed by atoms with Gasteiger partial charge in [-0.2, -0.15) is 0 Å². The van der Waals surface area contributed by atoms with Crippen LogP contribution in [0.4, 0.5) is 0 Å². The molecule has 0 bridgehead atoms. The zero-order chi connectivity index (χ0) is 13.6. The monoisotopic (exact) mass is 280 g/mol. The molecule has 1 aromatic carbocycles. The number of fused-ring (bicyclic) bond motifs is 1. The number of phenols is 1. The van der Waals surface area contributed by atoms with Crippen LogP contribution in [0.1, 0.15) is 30.7 Å². The largest absolute Gasteiger partial charge is 0.508 e. The fourth-order valence-electron chi connectivity index (χ4n) is 2.44. The fraction of sp³-hybridized carbons (Fsp3) is 0.385. The first-order chi connectivity index (χ1) is 9.04. The molecular weight excluding hydrogens is 268 g/mol. The molecule has 5 nitrogen and oxygen atoms in total. The Morgan fingerprint density at radius 1 is 1.47 bits per heavy atom. The van der Waals surface area contributed by atoms with E-state index in [0.29, 0.717) is 21.8 Å². The maximum Gasteiger partial charge on any atom is 0.396 e. The summed E-state index contributed by atoms with van der Waals surface area (Å²) in [7, 11) is 0. The quantitative estimate of drug-likeness (QED) is 0.898. The van der Waals surface area contributed by atoms with Gasteiger partial charge in [0.2, 0.25) is 0 Å². The van der Waals surface area contributed by atoms with Crippen molar-refractivity contribution in [3.05, 3.63) is 27.4 Å². The van der Waals surface area contributed by atoms with Gasteiger partial charge in [-0.3, -0.25) is 4.79 Å². The molecule has 1 aliphatic rings. The summed E-state index contributed by atoms with van der Waals surface area (Å²) in [6, 6.07) is 3.09. The van der Waals surface area contributed by atoms with Gasteiger partial charge in [0.15, 0.2) is 0 Å². The molecule has 1 aliphatic carbocycles. The van der Waals surface area contributed by atoms with Gasteiger partial charge in [-0.05, 0) is 24.8 Å². The molecule has 0 radical (unpaired) electrons. The van der Waals surface area contributed by atoms with Gasteiger partial charge in [-0.25, -0.2) is 4.79 Å². The minimum absolute atomic E-state index is 0.0158. The molecule has 2 aromatic rings. The molecule has 1 aromatic heterocycles. The molecule has 0 saturated heterocycles. The number of carbonyl (C=O) groups is 1. The molecule has 2 N–H and O–H groups in total. The summed E-state index contributed by atoms with van der Waals surface area (Å²) < 4.78 is 5.60. The second-order valence-electron chi connectivity index (χ2n) is 4.85. The Kier molecular flexibility index (Phi) is 2.82. The summed E-state index contributed by atoms with van der Waals surface area (Å²) in [5.74, 6) is -0.761. The average molecular weight is 280 g/mol. The highest BCUT2D eigenvalue weighted by Gasteiger charge is 2.35. The number of aliphatic carboxylic acids is 1. The normalized spacial score (nSPS) is 16.6. The van der Waals surface area contributed by atoms with Crippen LogP contribution in [-0.4, -0.2) is 16.2 Å². The van der Waals surface area contributed by atoms with Crippen molar-refractivity contribution < 1.29 is 19.4 Å². The molecule has 19 heavy (non-hydrogen) atoms. The summed E-state index contributed by atoms with van der Waals surface area (Å²) >= 11 is 0.926. The van der Waals surface area contributed by atoms with Gasteiger partial charge in [0.1, 0.15) is 11.3 Å².